The van der Waals surface area contributed by atoms with Crippen molar-refractivity contribution in [2.24, 2.45) is 5.92 Å². The minimum atomic E-state index is -4.57. The van der Waals surface area contributed by atoms with Crippen molar-refractivity contribution >= 4 is 12.0 Å². The highest BCUT2D eigenvalue weighted by atomic mass is 19.4. The first-order chi connectivity index (χ1) is 13.8. The van der Waals surface area contributed by atoms with Crippen LogP contribution in [0.5, 0.6) is 5.75 Å². The molecule has 9 heteroatoms. The molecule has 30 heavy (non-hydrogen) atoms. The van der Waals surface area contributed by atoms with Crippen LogP contribution in [-0.4, -0.2) is 41.7 Å². The van der Waals surface area contributed by atoms with Gasteiger partial charge in [-0.15, -0.1) is 0 Å². The van der Waals surface area contributed by atoms with Gasteiger partial charge in [0.05, 0.1) is 17.6 Å². The molecule has 2 amide bonds. The standard InChI is InChI=1S/C21H29F3N2O4/c1-13(2)29-16-7-6-14(17(10-16)21(22,23)24)11-25-18(27)15-8-9-26(12-15)19(28)30-20(3,4)5/h6-7,10,13,15H,8-9,11-12H2,1-5H3,(H,25,27). The summed E-state index contributed by atoms with van der Waals surface area (Å²) < 4.78 is 51.0. The quantitative estimate of drug-likeness (QED) is 0.754. The smallest absolute Gasteiger partial charge is 0.416 e. The molecule has 1 atom stereocenters. The maximum absolute atomic E-state index is 13.4. The Labute approximate surface area is 174 Å². The summed E-state index contributed by atoms with van der Waals surface area (Å²) in [5, 5.41) is 2.56. The largest absolute Gasteiger partial charge is 0.491 e. The zero-order valence-corrected chi connectivity index (χ0v) is 17.9. The molecule has 0 radical (unpaired) electrons. The lowest BCUT2D eigenvalue weighted by molar-refractivity contribution is -0.138. The predicted molar refractivity (Wildman–Crippen MR) is 105 cm³/mol. The molecule has 1 aliphatic rings. The van der Waals surface area contributed by atoms with Gasteiger partial charge in [-0.3, -0.25) is 4.79 Å². The Morgan fingerprint density at radius 1 is 1.23 bits per heavy atom. The SMILES string of the molecule is CC(C)Oc1ccc(CNC(=O)C2CCN(C(=O)OC(C)(C)C)C2)c(C(F)(F)F)c1. The molecule has 1 aromatic rings. The third kappa shape index (κ3) is 6.81. The number of amides is 2. The molecule has 1 aromatic carbocycles. The van der Waals surface area contributed by atoms with Crippen LogP contribution in [0.15, 0.2) is 18.2 Å². The van der Waals surface area contributed by atoms with Gasteiger partial charge in [0.1, 0.15) is 11.4 Å². The van der Waals surface area contributed by atoms with E-state index < -0.39 is 35.3 Å². The number of rotatable bonds is 5. The van der Waals surface area contributed by atoms with Gasteiger partial charge >= 0.3 is 12.3 Å². The summed E-state index contributed by atoms with van der Waals surface area (Å²) in [5.41, 5.74) is -1.53. The Bertz CT molecular complexity index is 772. The predicted octanol–water partition coefficient (Wildman–Crippen LogP) is 4.37. The molecular weight excluding hydrogens is 401 g/mol. The van der Waals surface area contributed by atoms with Crippen molar-refractivity contribution in [1.29, 1.82) is 0 Å². The number of carbonyl (C=O) groups excluding carboxylic acids is 2. The maximum atomic E-state index is 13.4. The second-order valence-electron chi connectivity index (χ2n) is 8.61. The van der Waals surface area contributed by atoms with Crippen LogP contribution in [0, 0.1) is 5.92 Å². The minimum absolute atomic E-state index is 0.0473. The van der Waals surface area contributed by atoms with E-state index in [2.05, 4.69) is 5.32 Å². The maximum Gasteiger partial charge on any atom is 0.416 e. The highest BCUT2D eigenvalue weighted by molar-refractivity contribution is 5.80. The normalized spacial score (nSPS) is 17.2. The number of ether oxygens (including phenoxy) is 2. The molecule has 0 spiro atoms. The van der Waals surface area contributed by atoms with Gasteiger partial charge in [-0.1, -0.05) is 6.07 Å². The molecule has 0 saturated carbocycles. The first-order valence-corrected chi connectivity index (χ1v) is 9.88. The average molecular weight is 430 g/mol. The second kappa shape index (κ2) is 9.14. The summed E-state index contributed by atoms with van der Waals surface area (Å²) in [4.78, 5) is 26.0. The summed E-state index contributed by atoms with van der Waals surface area (Å²) >= 11 is 0. The van der Waals surface area contributed by atoms with E-state index in [0.29, 0.717) is 13.0 Å². The van der Waals surface area contributed by atoms with Gasteiger partial charge in [-0.25, -0.2) is 4.79 Å². The topological polar surface area (TPSA) is 67.9 Å². The van der Waals surface area contributed by atoms with E-state index in [-0.39, 0.29) is 30.5 Å². The Balaban J connectivity index is 2.00. The number of benzene rings is 1. The van der Waals surface area contributed by atoms with Gasteiger partial charge < -0.3 is 19.7 Å². The van der Waals surface area contributed by atoms with Crippen molar-refractivity contribution in [3.8, 4) is 5.75 Å². The summed E-state index contributed by atoms with van der Waals surface area (Å²) in [6.07, 6.45) is -4.90. The van der Waals surface area contributed by atoms with Crippen molar-refractivity contribution < 1.29 is 32.2 Å². The number of nitrogens with zero attached hydrogens (tertiary/aromatic N) is 1. The number of likely N-dealkylation sites (tertiary alicyclic amines) is 1. The average Bonchev–Trinajstić information content (AvgIpc) is 3.08. The van der Waals surface area contributed by atoms with Gasteiger partial charge in [0.25, 0.3) is 0 Å². The molecule has 1 heterocycles. The molecule has 1 saturated heterocycles. The van der Waals surface area contributed by atoms with Crippen LogP contribution in [0.25, 0.3) is 0 Å². The van der Waals surface area contributed by atoms with E-state index in [1.54, 1.807) is 34.6 Å². The van der Waals surface area contributed by atoms with Crippen LogP contribution in [0.3, 0.4) is 0 Å². The van der Waals surface area contributed by atoms with Crippen molar-refractivity contribution in [3.63, 3.8) is 0 Å². The lowest BCUT2D eigenvalue weighted by Crippen LogP contribution is -2.37. The number of halogens is 3. The zero-order chi connectivity index (χ0) is 22.7. The molecule has 6 nitrogen and oxygen atoms in total. The monoisotopic (exact) mass is 430 g/mol. The van der Waals surface area contributed by atoms with Crippen molar-refractivity contribution in [1.82, 2.24) is 10.2 Å². The molecule has 2 rings (SSSR count). The van der Waals surface area contributed by atoms with Crippen molar-refractivity contribution in [3.05, 3.63) is 29.3 Å². The van der Waals surface area contributed by atoms with E-state index in [4.69, 9.17) is 9.47 Å². The molecule has 0 bridgehead atoms. The van der Waals surface area contributed by atoms with Crippen LogP contribution >= 0.6 is 0 Å². The van der Waals surface area contributed by atoms with E-state index in [9.17, 15) is 22.8 Å². The first-order valence-electron chi connectivity index (χ1n) is 9.88. The van der Waals surface area contributed by atoms with Crippen LogP contribution in [0.1, 0.15) is 52.2 Å². The molecule has 1 aliphatic heterocycles. The fraction of sp³-hybridized carbons (Fsp3) is 0.619. The molecule has 1 unspecified atom stereocenters. The molecule has 0 aliphatic carbocycles. The van der Waals surface area contributed by atoms with Crippen LogP contribution in [0.4, 0.5) is 18.0 Å². The number of alkyl halides is 3. The third-order valence-electron chi connectivity index (χ3n) is 4.42. The fourth-order valence-corrected chi connectivity index (χ4v) is 3.11. The van der Waals surface area contributed by atoms with Gasteiger partial charge in [-0.2, -0.15) is 13.2 Å². The van der Waals surface area contributed by atoms with E-state index >= 15 is 0 Å². The Morgan fingerprint density at radius 3 is 2.47 bits per heavy atom. The number of hydrogen-bond donors (Lipinski definition) is 1. The van der Waals surface area contributed by atoms with Crippen LogP contribution in [-0.2, 0) is 22.3 Å². The summed E-state index contributed by atoms with van der Waals surface area (Å²) in [7, 11) is 0. The van der Waals surface area contributed by atoms with Crippen molar-refractivity contribution in [2.75, 3.05) is 13.1 Å². The van der Waals surface area contributed by atoms with Crippen LogP contribution < -0.4 is 10.1 Å². The lowest BCUT2D eigenvalue weighted by atomic mass is 10.0. The van der Waals surface area contributed by atoms with E-state index in [1.165, 1.54) is 17.0 Å². The Morgan fingerprint density at radius 2 is 1.90 bits per heavy atom. The zero-order valence-electron chi connectivity index (χ0n) is 17.9. The molecule has 1 fully saturated rings. The minimum Gasteiger partial charge on any atom is -0.491 e. The first kappa shape index (κ1) is 23.8. The second-order valence-corrected chi connectivity index (χ2v) is 8.61. The highest BCUT2D eigenvalue weighted by Crippen LogP contribution is 2.34. The number of nitrogens with one attached hydrogen (secondary N) is 1. The number of hydrogen-bond acceptors (Lipinski definition) is 4. The third-order valence-corrected chi connectivity index (χ3v) is 4.42. The van der Waals surface area contributed by atoms with Crippen molar-refractivity contribution in [2.45, 2.75) is 65.5 Å². The van der Waals surface area contributed by atoms with E-state index in [1.807, 2.05) is 0 Å². The Hall–Kier alpha value is -2.45. The highest BCUT2D eigenvalue weighted by Gasteiger charge is 2.35. The molecule has 1 N–H and O–H groups in total. The fourth-order valence-electron chi connectivity index (χ4n) is 3.11. The number of carbonyl (C=O) groups is 2. The van der Waals surface area contributed by atoms with Gasteiger partial charge in [-0.05, 0) is 58.7 Å². The summed E-state index contributed by atoms with van der Waals surface area (Å²) in [6.45, 7) is 8.98. The van der Waals surface area contributed by atoms with Gasteiger partial charge in [0.2, 0.25) is 5.91 Å². The summed E-state index contributed by atoms with van der Waals surface area (Å²) in [6, 6.07) is 3.71. The van der Waals surface area contributed by atoms with Gasteiger partial charge in [0, 0.05) is 19.6 Å². The lowest BCUT2D eigenvalue weighted by Gasteiger charge is -2.24. The Kier molecular flexibility index (Phi) is 7.26. The molecule has 168 valence electrons. The molecular formula is C21H29F3N2O4. The van der Waals surface area contributed by atoms with E-state index in [0.717, 1.165) is 6.07 Å². The van der Waals surface area contributed by atoms with Crippen LogP contribution in [0.2, 0.25) is 0 Å². The van der Waals surface area contributed by atoms with Gasteiger partial charge in [0.15, 0.2) is 0 Å². The molecule has 0 aromatic heterocycles. The summed E-state index contributed by atoms with van der Waals surface area (Å²) in [5.74, 6) is -0.761.